The van der Waals surface area contributed by atoms with Gasteiger partial charge in [0.15, 0.2) is 5.82 Å². The van der Waals surface area contributed by atoms with E-state index in [9.17, 15) is 4.79 Å². The molecule has 0 atom stereocenters. The number of hydrogen-bond donors (Lipinski definition) is 1. The molecule has 8 nitrogen and oxygen atoms in total. The van der Waals surface area contributed by atoms with Crippen molar-refractivity contribution in [1.82, 2.24) is 30.4 Å². The van der Waals surface area contributed by atoms with Gasteiger partial charge in [-0.1, -0.05) is 59.9 Å². The first kappa shape index (κ1) is 18.6. The van der Waals surface area contributed by atoms with E-state index in [0.717, 1.165) is 40.1 Å². The lowest BCUT2D eigenvalue weighted by molar-refractivity contribution is -0.119. The molecule has 1 aliphatic rings. The van der Waals surface area contributed by atoms with Gasteiger partial charge in [-0.2, -0.15) is 10.1 Å². The lowest BCUT2D eigenvalue weighted by Gasteiger charge is -2.08. The summed E-state index contributed by atoms with van der Waals surface area (Å²) in [4.78, 5) is 17.1. The van der Waals surface area contributed by atoms with Crippen LogP contribution in [-0.2, 0) is 11.3 Å². The third-order valence-electron chi connectivity index (χ3n) is 4.98. The van der Waals surface area contributed by atoms with Gasteiger partial charge >= 0.3 is 0 Å². The quantitative estimate of drug-likeness (QED) is 0.538. The van der Waals surface area contributed by atoms with Crippen LogP contribution in [0.4, 0.5) is 0 Å². The summed E-state index contributed by atoms with van der Waals surface area (Å²) < 4.78 is 1.81. The van der Waals surface area contributed by atoms with Crippen LogP contribution in [0, 0.1) is 12.8 Å². The van der Waals surface area contributed by atoms with E-state index in [2.05, 4.69) is 55.0 Å². The molecule has 0 unspecified atom stereocenters. The fourth-order valence-corrected chi connectivity index (χ4v) is 4.04. The number of carbonyl (C=O) groups is 1. The highest BCUT2D eigenvalue weighted by Gasteiger charge is 2.29. The Bertz CT molecular complexity index is 1250. The van der Waals surface area contributed by atoms with Crippen LogP contribution < -0.4 is 4.80 Å². The number of aromatic nitrogens is 6. The molecule has 2 aromatic carbocycles. The average Bonchev–Trinajstić information content (AvgIpc) is 3.37. The topological polar surface area (TPSA) is 102 Å². The second kappa shape index (κ2) is 7.75. The Morgan fingerprint density at radius 3 is 2.63 bits per heavy atom. The maximum atomic E-state index is 12.1. The second-order valence-corrected chi connectivity index (χ2v) is 8.44. The number of aryl methyl sites for hydroxylation is 1. The SMILES string of the molecule is Cc1nn(Cc2ccc(-c3ccccc3-c3nnn[nH]3)cc2)c(=NC(=O)C2CC2)s1. The van der Waals surface area contributed by atoms with Gasteiger partial charge in [-0.15, -0.1) is 5.10 Å². The summed E-state index contributed by atoms with van der Waals surface area (Å²) in [6.45, 7) is 2.50. The van der Waals surface area contributed by atoms with E-state index < -0.39 is 0 Å². The van der Waals surface area contributed by atoms with Crippen molar-refractivity contribution in [2.24, 2.45) is 10.9 Å². The Labute approximate surface area is 176 Å². The van der Waals surface area contributed by atoms with E-state index in [4.69, 9.17) is 0 Å². The molecule has 1 amide bonds. The van der Waals surface area contributed by atoms with Gasteiger partial charge in [0, 0.05) is 11.5 Å². The predicted molar refractivity (Wildman–Crippen MR) is 112 cm³/mol. The molecule has 1 aliphatic carbocycles. The fourth-order valence-electron chi connectivity index (χ4n) is 3.29. The standard InChI is InChI=1S/C21H19N7OS/c1-13-25-28(21(30-13)22-20(29)16-10-11-16)12-14-6-8-15(9-7-14)17-4-2-3-5-18(17)19-23-26-27-24-19/h2-9,16H,10-12H2,1H3,(H,23,24,26,27). The summed E-state index contributed by atoms with van der Waals surface area (Å²) >= 11 is 1.45. The average molecular weight is 417 g/mol. The minimum Gasteiger partial charge on any atom is -0.272 e. The van der Waals surface area contributed by atoms with Crippen molar-refractivity contribution in [1.29, 1.82) is 0 Å². The lowest BCUT2D eigenvalue weighted by Crippen LogP contribution is -2.19. The summed E-state index contributed by atoms with van der Waals surface area (Å²) in [5.41, 5.74) is 4.15. The van der Waals surface area contributed by atoms with Gasteiger partial charge in [-0.3, -0.25) is 4.79 Å². The summed E-state index contributed by atoms with van der Waals surface area (Å²) in [6, 6.07) is 16.3. The second-order valence-electron chi connectivity index (χ2n) is 7.28. The van der Waals surface area contributed by atoms with Crippen LogP contribution in [0.2, 0.25) is 0 Å². The molecule has 4 aromatic rings. The molecular formula is C21H19N7OS. The first-order valence-electron chi connectivity index (χ1n) is 9.73. The van der Waals surface area contributed by atoms with Crippen molar-refractivity contribution >= 4 is 17.2 Å². The van der Waals surface area contributed by atoms with Crippen LogP contribution in [0.1, 0.15) is 23.4 Å². The molecule has 0 aliphatic heterocycles. The number of hydrogen-bond acceptors (Lipinski definition) is 6. The Kier molecular flexibility index (Phi) is 4.80. The molecule has 1 saturated carbocycles. The van der Waals surface area contributed by atoms with Gasteiger partial charge in [0.05, 0.1) is 6.54 Å². The number of tetrazole rings is 1. The molecule has 1 fully saturated rings. The Balaban J connectivity index is 1.42. The van der Waals surface area contributed by atoms with Crippen molar-refractivity contribution in [2.75, 3.05) is 0 Å². The first-order valence-corrected chi connectivity index (χ1v) is 10.5. The van der Waals surface area contributed by atoms with Gasteiger partial charge in [-0.05, 0) is 46.9 Å². The first-order chi connectivity index (χ1) is 14.7. The zero-order valence-electron chi connectivity index (χ0n) is 16.3. The molecule has 150 valence electrons. The van der Waals surface area contributed by atoms with E-state index in [-0.39, 0.29) is 11.8 Å². The van der Waals surface area contributed by atoms with E-state index in [1.54, 1.807) is 0 Å². The van der Waals surface area contributed by atoms with Crippen molar-refractivity contribution in [3.05, 3.63) is 63.9 Å². The van der Waals surface area contributed by atoms with E-state index in [1.165, 1.54) is 11.3 Å². The molecule has 0 saturated heterocycles. The zero-order chi connectivity index (χ0) is 20.5. The molecule has 30 heavy (non-hydrogen) atoms. The van der Waals surface area contributed by atoms with Gasteiger partial charge < -0.3 is 0 Å². The van der Waals surface area contributed by atoms with E-state index in [1.807, 2.05) is 35.9 Å². The summed E-state index contributed by atoms with van der Waals surface area (Å²) in [7, 11) is 0. The van der Waals surface area contributed by atoms with Crippen LogP contribution in [0.3, 0.4) is 0 Å². The Morgan fingerprint density at radius 2 is 1.93 bits per heavy atom. The number of nitrogens with zero attached hydrogens (tertiary/aromatic N) is 6. The smallest absolute Gasteiger partial charge is 0.251 e. The molecule has 2 heterocycles. The highest BCUT2D eigenvalue weighted by atomic mass is 32.1. The zero-order valence-corrected chi connectivity index (χ0v) is 17.1. The maximum Gasteiger partial charge on any atom is 0.251 e. The molecule has 2 aromatic heterocycles. The third-order valence-corrected chi connectivity index (χ3v) is 5.84. The molecule has 0 radical (unpaired) electrons. The number of aromatic amines is 1. The molecule has 1 N–H and O–H groups in total. The number of nitrogens with one attached hydrogen (secondary N) is 1. The van der Waals surface area contributed by atoms with Crippen molar-refractivity contribution < 1.29 is 4.79 Å². The van der Waals surface area contributed by atoms with E-state index >= 15 is 0 Å². The van der Waals surface area contributed by atoms with Crippen LogP contribution >= 0.6 is 11.3 Å². The van der Waals surface area contributed by atoms with Crippen molar-refractivity contribution in [3.63, 3.8) is 0 Å². The summed E-state index contributed by atoms with van der Waals surface area (Å²) in [6.07, 6.45) is 1.90. The summed E-state index contributed by atoms with van der Waals surface area (Å²) in [5.74, 6) is 0.718. The largest absolute Gasteiger partial charge is 0.272 e. The Hall–Kier alpha value is -3.46. The van der Waals surface area contributed by atoms with Crippen LogP contribution in [0.15, 0.2) is 53.5 Å². The van der Waals surface area contributed by atoms with Crippen LogP contribution in [0.5, 0.6) is 0 Å². The molecule has 9 heteroatoms. The summed E-state index contributed by atoms with van der Waals surface area (Å²) in [5, 5.41) is 19.6. The number of rotatable bonds is 5. The minimum absolute atomic E-state index is 0.0266. The Morgan fingerprint density at radius 1 is 1.17 bits per heavy atom. The fraction of sp³-hybridized carbons (Fsp3) is 0.238. The van der Waals surface area contributed by atoms with Crippen LogP contribution in [0.25, 0.3) is 22.5 Å². The molecular weight excluding hydrogens is 398 g/mol. The van der Waals surface area contributed by atoms with E-state index in [0.29, 0.717) is 17.2 Å². The predicted octanol–water partition coefficient (Wildman–Crippen LogP) is 2.99. The van der Waals surface area contributed by atoms with Gasteiger partial charge in [-0.25, -0.2) is 9.78 Å². The van der Waals surface area contributed by atoms with Crippen molar-refractivity contribution in [3.8, 4) is 22.5 Å². The third kappa shape index (κ3) is 3.84. The number of H-pyrrole nitrogens is 1. The molecule has 0 bridgehead atoms. The minimum atomic E-state index is -0.0266. The molecule has 0 spiro atoms. The highest BCUT2D eigenvalue weighted by molar-refractivity contribution is 7.08. The van der Waals surface area contributed by atoms with Gasteiger partial charge in [0.2, 0.25) is 4.80 Å². The number of benzene rings is 2. The number of amides is 1. The highest BCUT2D eigenvalue weighted by Crippen LogP contribution is 2.30. The maximum absolute atomic E-state index is 12.1. The monoisotopic (exact) mass is 417 g/mol. The van der Waals surface area contributed by atoms with Crippen LogP contribution in [-0.4, -0.2) is 36.3 Å². The van der Waals surface area contributed by atoms with Gasteiger partial charge in [0.1, 0.15) is 5.01 Å². The normalized spacial score (nSPS) is 14.2. The van der Waals surface area contributed by atoms with Crippen molar-refractivity contribution in [2.45, 2.75) is 26.3 Å². The van der Waals surface area contributed by atoms with Gasteiger partial charge in [0.25, 0.3) is 5.91 Å². The molecule has 5 rings (SSSR count). The lowest BCUT2D eigenvalue weighted by atomic mass is 9.98. The number of carbonyl (C=O) groups excluding carboxylic acids is 1.